The minimum absolute atomic E-state index is 0. The normalized spacial score (nSPS) is 13.3. The molecule has 1 unspecified atom stereocenters. The van der Waals surface area contributed by atoms with Crippen molar-refractivity contribution in [3.05, 3.63) is 0 Å². The second kappa shape index (κ2) is 5.21. The summed E-state index contributed by atoms with van der Waals surface area (Å²) in [4.78, 5) is 0. The number of aliphatic hydroxyl groups excluding tert-OH is 1. The van der Waals surface area contributed by atoms with Gasteiger partial charge in [0, 0.05) is 32.7 Å². The zero-order valence-electron chi connectivity index (χ0n) is 5.18. The van der Waals surface area contributed by atoms with Crippen LogP contribution < -0.4 is 0 Å². The van der Waals surface area contributed by atoms with Gasteiger partial charge in [-0.2, -0.15) is 0 Å². The SMILES string of the molecule is CC(C)C(C)O.[Y]. The maximum atomic E-state index is 8.63. The van der Waals surface area contributed by atoms with Crippen molar-refractivity contribution in [2.45, 2.75) is 26.9 Å². The molecule has 0 spiro atoms. The van der Waals surface area contributed by atoms with Gasteiger partial charge in [-0.3, -0.25) is 0 Å². The van der Waals surface area contributed by atoms with E-state index in [-0.39, 0.29) is 38.8 Å². The molecular formula is C5H12OY. The largest absolute Gasteiger partial charge is 0.393 e. The number of aliphatic hydroxyl groups is 1. The van der Waals surface area contributed by atoms with Crippen LogP contribution >= 0.6 is 0 Å². The summed E-state index contributed by atoms with van der Waals surface area (Å²) in [6.45, 7) is 5.78. The van der Waals surface area contributed by atoms with Crippen LogP contribution in [0.25, 0.3) is 0 Å². The van der Waals surface area contributed by atoms with Crippen molar-refractivity contribution in [1.29, 1.82) is 0 Å². The van der Waals surface area contributed by atoms with Crippen LogP contribution in [0.1, 0.15) is 20.8 Å². The number of rotatable bonds is 1. The van der Waals surface area contributed by atoms with Gasteiger partial charge >= 0.3 is 0 Å². The second-order valence-electron chi connectivity index (χ2n) is 1.98. The van der Waals surface area contributed by atoms with Crippen molar-refractivity contribution >= 4 is 0 Å². The molecule has 2 heteroatoms. The van der Waals surface area contributed by atoms with Crippen LogP contribution in [0.4, 0.5) is 0 Å². The molecule has 0 saturated carbocycles. The summed E-state index contributed by atoms with van der Waals surface area (Å²) in [7, 11) is 0. The van der Waals surface area contributed by atoms with E-state index in [4.69, 9.17) is 5.11 Å². The van der Waals surface area contributed by atoms with Gasteiger partial charge in [-0.05, 0) is 12.8 Å². The summed E-state index contributed by atoms with van der Waals surface area (Å²) in [5.41, 5.74) is 0. The first-order valence-corrected chi connectivity index (χ1v) is 2.32. The van der Waals surface area contributed by atoms with Gasteiger partial charge in [0.1, 0.15) is 0 Å². The zero-order valence-corrected chi connectivity index (χ0v) is 8.02. The molecule has 0 aromatic rings. The molecule has 1 nitrogen and oxygen atoms in total. The Kier molecular flexibility index (Phi) is 8.14. The molecule has 0 amide bonds. The van der Waals surface area contributed by atoms with E-state index in [1.807, 2.05) is 13.8 Å². The van der Waals surface area contributed by atoms with Gasteiger partial charge in [0.15, 0.2) is 0 Å². The predicted octanol–water partition coefficient (Wildman–Crippen LogP) is 1.02. The van der Waals surface area contributed by atoms with Crippen LogP contribution in [0.2, 0.25) is 0 Å². The molecule has 0 heterocycles. The van der Waals surface area contributed by atoms with E-state index in [2.05, 4.69) is 0 Å². The van der Waals surface area contributed by atoms with Gasteiger partial charge in [0.25, 0.3) is 0 Å². The standard InChI is InChI=1S/C5H12O.Y/c1-4(2)5(3)6;/h4-6H,1-3H3;. The molecule has 1 N–H and O–H groups in total. The summed E-state index contributed by atoms with van der Waals surface area (Å²) < 4.78 is 0. The van der Waals surface area contributed by atoms with Crippen molar-refractivity contribution in [3.63, 3.8) is 0 Å². The molecule has 1 atom stereocenters. The van der Waals surface area contributed by atoms with Crippen molar-refractivity contribution in [1.82, 2.24) is 0 Å². The van der Waals surface area contributed by atoms with Gasteiger partial charge in [-0.25, -0.2) is 0 Å². The quantitative estimate of drug-likeness (QED) is 0.633. The molecule has 0 aliphatic carbocycles. The maximum Gasteiger partial charge on any atom is 0.0535 e. The van der Waals surface area contributed by atoms with Crippen LogP contribution in [0.15, 0.2) is 0 Å². The topological polar surface area (TPSA) is 20.2 Å². The van der Waals surface area contributed by atoms with Crippen LogP contribution in [0.5, 0.6) is 0 Å². The van der Waals surface area contributed by atoms with Crippen molar-refractivity contribution in [2.24, 2.45) is 5.92 Å². The average molecular weight is 177 g/mol. The molecule has 0 aliphatic rings. The molecule has 0 aromatic heterocycles. The second-order valence-corrected chi connectivity index (χ2v) is 1.98. The van der Waals surface area contributed by atoms with Crippen molar-refractivity contribution < 1.29 is 37.8 Å². The Morgan fingerprint density at radius 2 is 1.29 bits per heavy atom. The fourth-order valence-corrected chi connectivity index (χ4v) is 0. The Hall–Kier alpha value is 1.06. The summed E-state index contributed by atoms with van der Waals surface area (Å²) in [5.74, 6) is 0.407. The first-order chi connectivity index (χ1) is 2.64. The Morgan fingerprint density at radius 3 is 1.29 bits per heavy atom. The van der Waals surface area contributed by atoms with Crippen LogP contribution in [0, 0.1) is 5.92 Å². The molecule has 7 heavy (non-hydrogen) atoms. The first kappa shape index (κ1) is 10.9. The summed E-state index contributed by atoms with van der Waals surface area (Å²) in [5, 5.41) is 8.63. The maximum absolute atomic E-state index is 8.63. The van der Waals surface area contributed by atoms with Crippen molar-refractivity contribution in [3.8, 4) is 0 Å². The monoisotopic (exact) mass is 177 g/mol. The van der Waals surface area contributed by atoms with Crippen LogP contribution in [-0.4, -0.2) is 11.2 Å². The summed E-state index contributed by atoms with van der Waals surface area (Å²) in [6, 6.07) is 0. The van der Waals surface area contributed by atoms with Gasteiger partial charge in [-0.1, -0.05) is 13.8 Å². The van der Waals surface area contributed by atoms with Crippen LogP contribution in [0.3, 0.4) is 0 Å². The zero-order chi connectivity index (χ0) is 5.15. The smallest absolute Gasteiger partial charge is 0.0535 e. The predicted molar refractivity (Wildman–Crippen MR) is 26.5 cm³/mol. The van der Waals surface area contributed by atoms with E-state index in [0.717, 1.165) is 0 Å². The minimum atomic E-state index is -0.148. The average Bonchev–Trinajstić information content (AvgIpc) is 1.36. The molecule has 0 aromatic carbocycles. The van der Waals surface area contributed by atoms with E-state index < -0.39 is 0 Å². The van der Waals surface area contributed by atoms with E-state index in [9.17, 15) is 0 Å². The third kappa shape index (κ3) is 7.06. The van der Waals surface area contributed by atoms with E-state index >= 15 is 0 Å². The van der Waals surface area contributed by atoms with Crippen LogP contribution in [-0.2, 0) is 32.7 Å². The molecule has 1 radical (unpaired) electrons. The number of hydrogen-bond donors (Lipinski definition) is 1. The number of hydrogen-bond acceptors (Lipinski definition) is 1. The molecule has 0 bridgehead atoms. The molecule has 41 valence electrons. The van der Waals surface area contributed by atoms with E-state index in [0.29, 0.717) is 5.92 Å². The van der Waals surface area contributed by atoms with E-state index in [1.54, 1.807) is 6.92 Å². The summed E-state index contributed by atoms with van der Waals surface area (Å²) >= 11 is 0. The Balaban J connectivity index is 0. The Labute approximate surface area is 70.4 Å². The first-order valence-electron chi connectivity index (χ1n) is 2.32. The van der Waals surface area contributed by atoms with Crippen molar-refractivity contribution in [2.75, 3.05) is 0 Å². The molecular weight excluding hydrogens is 165 g/mol. The van der Waals surface area contributed by atoms with Gasteiger partial charge in [-0.15, -0.1) is 0 Å². The van der Waals surface area contributed by atoms with Gasteiger partial charge < -0.3 is 5.11 Å². The molecule has 0 saturated heterocycles. The Bertz CT molecular complexity index is 29.1. The molecule has 0 aliphatic heterocycles. The Morgan fingerprint density at radius 1 is 1.14 bits per heavy atom. The molecule has 0 fully saturated rings. The molecule has 0 rings (SSSR count). The minimum Gasteiger partial charge on any atom is -0.393 e. The fourth-order valence-electron chi connectivity index (χ4n) is 0. The van der Waals surface area contributed by atoms with E-state index in [1.165, 1.54) is 0 Å². The van der Waals surface area contributed by atoms with Gasteiger partial charge in [0.2, 0.25) is 0 Å². The third-order valence-corrected chi connectivity index (χ3v) is 0.965. The van der Waals surface area contributed by atoms with Gasteiger partial charge in [0.05, 0.1) is 6.10 Å². The third-order valence-electron chi connectivity index (χ3n) is 0.965. The fraction of sp³-hybridized carbons (Fsp3) is 1.00. The summed E-state index contributed by atoms with van der Waals surface area (Å²) in [6.07, 6.45) is -0.148.